The zero-order valence-electron chi connectivity index (χ0n) is 17.9. The van der Waals surface area contributed by atoms with Crippen molar-refractivity contribution in [2.24, 2.45) is 5.92 Å². The Hall–Kier alpha value is -1.49. The number of rotatable bonds is 6. The summed E-state index contributed by atoms with van der Waals surface area (Å²) in [5, 5.41) is 0.0609. The minimum absolute atomic E-state index is 0.0124. The average molecular weight is 403 g/mol. The van der Waals surface area contributed by atoms with Crippen LogP contribution < -0.4 is 0 Å². The molecule has 2 amide bonds. The maximum Gasteiger partial charge on any atom is 0.236 e. The van der Waals surface area contributed by atoms with Crippen molar-refractivity contribution in [2.45, 2.75) is 69.4 Å². The summed E-state index contributed by atoms with van der Waals surface area (Å²) >= 11 is 1.73. The Balaban J connectivity index is 1.61. The maximum atomic E-state index is 12.7. The molecule has 0 spiro atoms. The van der Waals surface area contributed by atoms with Crippen LogP contribution in [0.25, 0.3) is 0 Å². The predicted molar refractivity (Wildman–Crippen MR) is 116 cm³/mol. The second kappa shape index (κ2) is 8.48. The van der Waals surface area contributed by atoms with Crippen LogP contribution in [0.4, 0.5) is 0 Å². The van der Waals surface area contributed by atoms with E-state index in [9.17, 15) is 9.59 Å². The van der Waals surface area contributed by atoms with Crippen molar-refractivity contribution in [1.82, 2.24) is 9.80 Å². The molecule has 1 aliphatic heterocycles. The molecule has 2 unspecified atom stereocenters. The van der Waals surface area contributed by atoms with E-state index < -0.39 is 0 Å². The van der Waals surface area contributed by atoms with Crippen molar-refractivity contribution in [2.75, 3.05) is 20.1 Å². The van der Waals surface area contributed by atoms with E-state index in [1.807, 2.05) is 23.8 Å². The molecule has 0 N–H and O–H groups in total. The van der Waals surface area contributed by atoms with Crippen LogP contribution in [0, 0.1) is 5.92 Å². The van der Waals surface area contributed by atoms with Gasteiger partial charge in [0.2, 0.25) is 11.8 Å². The smallest absolute Gasteiger partial charge is 0.236 e. The fourth-order valence-corrected chi connectivity index (χ4v) is 5.17. The van der Waals surface area contributed by atoms with Gasteiger partial charge in [0, 0.05) is 26.1 Å². The topological polar surface area (TPSA) is 40.6 Å². The zero-order chi connectivity index (χ0) is 20.5. The molecule has 2 aliphatic rings. The SMILES string of the molecule is CC1SC(c2ccc(C(C)(C)C)cc2)N(CCCN(C)C(=O)C2CCC2)C1=O. The van der Waals surface area contributed by atoms with E-state index in [0.717, 1.165) is 19.3 Å². The van der Waals surface area contributed by atoms with Gasteiger partial charge in [0.05, 0.1) is 5.25 Å². The molecular weight excluding hydrogens is 368 g/mol. The van der Waals surface area contributed by atoms with Gasteiger partial charge in [-0.15, -0.1) is 11.8 Å². The Morgan fingerprint density at radius 2 is 1.86 bits per heavy atom. The summed E-state index contributed by atoms with van der Waals surface area (Å²) in [6.45, 7) is 10.1. The average Bonchev–Trinajstić information content (AvgIpc) is 2.88. The van der Waals surface area contributed by atoms with E-state index >= 15 is 0 Å². The molecule has 4 nitrogen and oxygen atoms in total. The molecular formula is C23H34N2O2S. The van der Waals surface area contributed by atoms with E-state index in [-0.39, 0.29) is 33.8 Å². The van der Waals surface area contributed by atoms with Crippen LogP contribution in [0.5, 0.6) is 0 Å². The number of benzene rings is 1. The van der Waals surface area contributed by atoms with E-state index in [2.05, 4.69) is 45.0 Å². The van der Waals surface area contributed by atoms with Gasteiger partial charge in [0.25, 0.3) is 0 Å². The van der Waals surface area contributed by atoms with Crippen LogP contribution in [0.2, 0.25) is 0 Å². The number of thioether (sulfide) groups is 1. The zero-order valence-corrected chi connectivity index (χ0v) is 18.7. The van der Waals surface area contributed by atoms with Crippen molar-refractivity contribution >= 4 is 23.6 Å². The predicted octanol–water partition coefficient (Wildman–Crippen LogP) is 4.60. The van der Waals surface area contributed by atoms with Crippen molar-refractivity contribution in [3.63, 3.8) is 0 Å². The van der Waals surface area contributed by atoms with E-state index in [0.29, 0.717) is 13.1 Å². The standard InChI is InChI=1S/C23H34N2O2S/c1-16-20(26)25(15-7-14-24(5)21(27)17-8-6-9-17)22(28-16)18-10-12-19(13-11-18)23(2,3)4/h10-13,16-17,22H,6-9,14-15H2,1-5H3. The quantitative estimate of drug-likeness (QED) is 0.698. The molecule has 1 saturated carbocycles. The molecule has 3 rings (SSSR count). The van der Waals surface area contributed by atoms with Crippen molar-refractivity contribution < 1.29 is 9.59 Å². The second-order valence-electron chi connectivity index (χ2n) is 9.28. The van der Waals surface area contributed by atoms with Gasteiger partial charge in [0.1, 0.15) is 5.37 Å². The largest absolute Gasteiger partial charge is 0.345 e. The van der Waals surface area contributed by atoms with E-state index in [4.69, 9.17) is 0 Å². The Bertz CT molecular complexity index is 706. The lowest BCUT2D eigenvalue weighted by Gasteiger charge is -2.30. The summed E-state index contributed by atoms with van der Waals surface area (Å²) in [5.74, 6) is 0.724. The molecule has 1 aromatic carbocycles. The van der Waals surface area contributed by atoms with Crippen LogP contribution in [0.3, 0.4) is 0 Å². The summed E-state index contributed by atoms with van der Waals surface area (Å²) in [5.41, 5.74) is 2.62. The first-order valence-electron chi connectivity index (χ1n) is 10.5. The van der Waals surface area contributed by atoms with Crippen LogP contribution in [-0.2, 0) is 15.0 Å². The molecule has 2 atom stereocenters. The van der Waals surface area contributed by atoms with Gasteiger partial charge >= 0.3 is 0 Å². The Morgan fingerprint density at radius 3 is 2.39 bits per heavy atom. The molecule has 1 saturated heterocycles. The fourth-order valence-electron chi connectivity index (χ4n) is 3.86. The lowest BCUT2D eigenvalue weighted by Crippen LogP contribution is -2.38. The van der Waals surface area contributed by atoms with Gasteiger partial charge in [-0.25, -0.2) is 0 Å². The minimum Gasteiger partial charge on any atom is -0.345 e. The molecule has 5 heteroatoms. The highest BCUT2D eigenvalue weighted by Crippen LogP contribution is 2.43. The molecule has 0 bridgehead atoms. The molecule has 154 valence electrons. The first-order chi connectivity index (χ1) is 13.2. The number of hydrogen-bond acceptors (Lipinski definition) is 3. The third kappa shape index (κ3) is 4.56. The van der Waals surface area contributed by atoms with E-state index in [1.165, 1.54) is 17.5 Å². The van der Waals surface area contributed by atoms with Gasteiger partial charge in [-0.2, -0.15) is 0 Å². The van der Waals surface area contributed by atoms with Crippen molar-refractivity contribution in [3.8, 4) is 0 Å². The number of amides is 2. The van der Waals surface area contributed by atoms with Crippen LogP contribution in [0.15, 0.2) is 24.3 Å². The first-order valence-corrected chi connectivity index (χ1v) is 11.4. The van der Waals surface area contributed by atoms with Gasteiger partial charge in [0.15, 0.2) is 0 Å². The lowest BCUT2D eigenvalue weighted by molar-refractivity contribution is -0.136. The molecule has 2 fully saturated rings. The van der Waals surface area contributed by atoms with Gasteiger partial charge in [-0.3, -0.25) is 9.59 Å². The summed E-state index contributed by atoms with van der Waals surface area (Å²) in [6.07, 6.45) is 4.07. The van der Waals surface area contributed by atoms with Crippen LogP contribution >= 0.6 is 11.8 Å². The second-order valence-corrected chi connectivity index (χ2v) is 10.7. The normalized spacial score (nSPS) is 23.0. The van der Waals surface area contributed by atoms with Gasteiger partial charge in [-0.1, -0.05) is 51.5 Å². The van der Waals surface area contributed by atoms with Crippen molar-refractivity contribution in [3.05, 3.63) is 35.4 Å². The highest BCUT2D eigenvalue weighted by Gasteiger charge is 2.38. The lowest BCUT2D eigenvalue weighted by atomic mass is 9.84. The van der Waals surface area contributed by atoms with Crippen LogP contribution in [-0.4, -0.2) is 47.0 Å². The number of hydrogen-bond donors (Lipinski definition) is 0. The third-order valence-electron chi connectivity index (χ3n) is 6.03. The molecule has 28 heavy (non-hydrogen) atoms. The minimum atomic E-state index is -0.0124. The van der Waals surface area contributed by atoms with Crippen molar-refractivity contribution in [1.29, 1.82) is 0 Å². The van der Waals surface area contributed by atoms with Gasteiger partial charge in [-0.05, 0) is 42.7 Å². The molecule has 0 radical (unpaired) electrons. The summed E-state index contributed by atoms with van der Waals surface area (Å²) in [6, 6.07) is 8.71. The number of nitrogens with zero attached hydrogens (tertiary/aromatic N) is 2. The van der Waals surface area contributed by atoms with Crippen LogP contribution in [0.1, 0.15) is 69.9 Å². The maximum absolute atomic E-state index is 12.7. The Labute approximate surface area is 174 Å². The Morgan fingerprint density at radius 1 is 1.21 bits per heavy atom. The first kappa shape index (κ1) is 21.2. The summed E-state index contributed by atoms with van der Waals surface area (Å²) < 4.78 is 0. The molecule has 0 aromatic heterocycles. The summed E-state index contributed by atoms with van der Waals surface area (Å²) in [4.78, 5) is 28.9. The fraction of sp³-hybridized carbons (Fsp3) is 0.652. The molecule has 1 aromatic rings. The molecule has 1 heterocycles. The summed E-state index contributed by atoms with van der Waals surface area (Å²) in [7, 11) is 1.90. The van der Waals surface area contributed by atoms with E-state index in [1.54, 1.807) is 11.8 Å². The molecule has 1 aliphatic carbocycles. The third-order valence-corrected chi connectivity index (χ3v) is 7.43. The monoisotopic (exact) mass is 402 g/mol. The number of carbonyl (C=O) groups is 2. The number of carbonyl (C=O) groups excluding carboxylic acids is 2. The highest BCUT2D eigenvalue weighted by atomic mass is 32.2. The van der Waals surface area contributed by atoms with Gasteiger partial charge < -0.3 is 9.80 Å². The Kier molecular flexibility index (Phi) is 6.43. The highest BCUT2D eigenvalue weighted by molar-refractivity contribution is 8.01.